The molecule has 2 aromatic rings. The van der Waals surface area contributed by atoms with Gasteiger partial charge in [0.05, 0.1) is 18.9 Å². The molecule has 10 nitrogen and oxygen atoms in total. The van der Waals surface area contributed by atoms with Crippen LogP contribution < -0.4 is 14.8 Å². The van der Waals surface area contributed by atoms with E-state index in [1.165, 1.54) is 17.9 Å². The van der Waals surface area contributed by atoms with Crippen molar-refractivity contribution in [3.8, 4) is 16.9 Å². The van der Waals surface area contributed by atoms with Crippen molar-refractivity contribution in [2.24, 2.45) is 0 Å². The number of anilines is 1. The van der Waals surface area contributed by atoms with Crippen LogP contribution in [0.2, 0.25) is 0 Å². The van der Waals surface area contributed by atoms with Gasteiger partial charge in [0.2, 0.25) is 21.8 Å². The quantitative estimate of drug-likeness (QED) is 0.688. The molecule has 1 aromatic carbocycles. The molecule has 1 amide bonds. The average molecular weight is 449 g/mol. The molecule has 2 aliphatic heterocycles. The van der Waals surface area contributed by atoms with Crippen molar-refractivity contribution in [1.82, 2.24) is 14.5 Å². The fourth-order valence-corrected chi connectivity index (χ4v) is 5.08. The first kappa shape index (κ1) is 21.5. The lowest BCUT2D eigenvalue weighted by Crippen LogP contribution is -2.32. The lowest BCUT2D eigenvalue weighted by Gasteiger charge is -2.15. The number of fused-ring (bicyclic) bond motifs is 1. The van der Waals surface area contributed by atoms with E-state index in [0.29, 0.717) is 23.4 Å². The smallest absolute Gasteiger partial charge is 0.249 e. The van der Waals surface area contributed by atoms with Gasteiger partial charge in [-0.2, -0.15) is 9.78 Å². The normalized spacial score (nSPS) is 19.1. The molecule has 2 N–H and O–H groups in total. The molecule has 3 heterocycles. The summed E-state index contributed by atoms with van der Waals surface area (Å²) in [6, 6.07) is 4.67. The second-order valence-electron chi connectivity index (χ2n) is 7.52. The standard InChI is InChI=1S/C20H24N4O6S/c1-12-19(20-22-17(25)7-8-18(26)24(20)23-12)13-5-6-15(29-2)16(10-13)31(27,28)21-11-14-4-3-9-30-14/h5-6,10,14,21H,3-4,7-9,11H2,1-2H3,(H,22,25)/t14-/m1/s1. The second kappa shape index (κ2) is 8.40. The summed E-state index contributed by atoms with van der Waals surface area (Å²) in [6.45, 7) is 2.49. The van der Waals surface area contributed by atoms with Crippen molar-refractivity contribution in [2.75, 3.05) is 25.6 Å². The van der Waals surface area contributed by atoms with Gasteiger partial charge in [0.25, 0.3) is 0 Å². The molecule has 31 heavy (non-hydrogen) atoms. The van der Waals surface area contributed by atoms with Crippen molar-refractivity contribution in [2.45, 2.75) is 43.6 Å². The Balaban J connectivity index is 1.75. The summed E-state index contributed by atoms with van der Waals surface area (Å²) in [5, 5.41) is 6.98. The molecule has 0 unspecified atom stereocenters. The first-order valence-corrected chi connectivity index (χ1v) is 11.5. The third-order valence-electron chi connectivity index (χ3n) is 5.39. The molecule has 166 valence electrons. The molecular formula is C20H24N4O6S. The molecule has 0 saturated carbocycles. The van der Waals surface area contributed by atoms with E-state index < -0.39 is 10.0 Å². The molecule has 2 aliphatic rings. The fraction of sp³-hybridized carbons (Fsp3) is 0.450. The maximum absolute atomic E-state index is 13.0. The number of carbonyl (C=O) groups excluding carboxylic acids is 2. The van der Waals surface area contributed by atoms with Crippen molar-refractivity contribution in [1.29, 1.82) is 0 Å². The van der Waals surface area contributed by atoms with Crippen LogP contribution in [-0.4, -0.2) is 56.4 Å². The van der Waals surface area contributed by atoms with E-state index >= 15 is 0 Å². The number of rotatable bonds is 6. The summed E-state index contributed by atoms with van der Waals surface area (Å²) in [7, 11) is -2.51. The van der Waals surface area contributed by atoms with E-state index in [4.69, 9.17) is 9.47 Å². The van der Waals surface area contributed by atoms with Gasteiger partial charge >= 0.3 is 0 Å². The summed E-state index contributed by atoms with van der Waals surface area (Å²) >= 11 is 0. The van der Waals surface area contributed by atoms with Crippen molar-refractivity contribution >= 4 is 27.7 Å². The van der Waals surface area contributed by atoms with Gasteiger partial charge in [0.1, 0.15) is 16.5 Å². The first-order chi connectivity index (χ1) is 14.8. The second-order valence-corrected chi connectivity index (χ2v) is 9.25. The minimum absolute atomic E-state index is 0.0453. The zero-order chi connectivity index (χ0) is 22.2. The number of ether oxygens (including phenoxy) is 2. The predicted octanol–water partition coefficient (Wildman–Crippen LogP) is 1.70. The monoisotopic (exact) mass is 448 g/mol. The highest BCUT2D eigenvalue weighted by atomic mass is 32.2. The first-order valence-electron chi connectivity index (χ1n) is 10.0. The third-order valence-corrected chi connectivity index (χ3v) is 6.83. The van der Waals surface area contributed by atoms with E-state index in [1.807, 2.05) is 0 Å². The van der Waals surface area contributed by atoms with Crippen molar-refractivity contribution in [3.05, 3.63) is 23.9 Å². The number of methoxy groups -OCH3 is 1. The molecule has 0 bridgehead atoms. The number of sulfonamides is 1. The number of nitrogens with one attached hydrogen (secondary N) is 2. The SMILES string of the molecule is COc1ccc(-c2c(C)nn3c2NC(=O)CCC3=O)cc1S(=O)(=O)NC[C@H]1CCCO1. The summed E-state index contributed by atoms with van der Waals surface area (Å²) < 4.78 is 40.6. The van der Waals surface area contributed by atoms with Gasteiger partial charge in [-0.15, -0.1) is 0 Å². The highest BCUT2D eigenvalue weighted by molar-refractivity contribution is 7.89. The lowest BCUT2D eigenvalue weighted by molar-refractivity contribution is -0.116. The van der Waals surface area contributed by atoms with Crippen LogP contribution in [0.15, 0.2) is 23.1 Å². The summed E-state index contributed by atoms with van der Waals surface area (Å²) in [4.78, 5) is 24.4. The Morgan fingerprint density at radius 2 is 2.13 bits per heavy atom. The van der Waals surface area contributed by atoms with Gasteiger partial charge in [-0.3, -0.25) is 9.59 Å². The lowest BCUT2D eigenvalue weighted by atomic mass is 10.1. The Kier molecular flexibility index (Phi) is 5.82. The van der Waals surface area contributed by atoms with Gasteiger partial charge < -0.3 is 14.8 Å². The molecule has 4 rings (SSSR count). The topological polar surface area (TPSA) is 129 Å². The summed E-state index contributed by atoms with van der Waals surface area (Å²) in [5.74, 6) is -0.180. The zero-order valence-corrected chi connectivity index (χ0v) is 18.1. The minimum Gasteiger partial charge on any atom is -0.495 e. The number of carbonyl (C=O) groups is 2. The van der Waals surface area contributed by atoms with Gasteiger partial charge in [0.15, 0.2) is 0 Å². The highest BCUT2D eigenvalue weighted by Crippen LogP contribution is 2.36. The van der Waals surface area contributed by atoms with Crippen molar-refractivity contribution in [3.63, 3.8) is 0 Å². The third kappa shape index (κ3) is 4.21. The highest BCUT2D eigenvalue weighted by Gasteiger charge is 2.28. The number of nitrogens with zero attached hydrogens (tertiary/aromatic N) is 2. The Hall–Kier alpha value is -2.76. The zero-order valence-electron chi connectivity index (χ0n) is 17.3. The number of amides is 1. The van der Waals surface area contributed by atoms with Crippen LogP contribution in [0.1, 0.15) is 36.2 Å². The Labute approximate surface area is 180 Å². The van der Waals surface area contributed by atoms with E-state index in [2.05, 4.69) is 15.1 Å². The molecule has 1 atom stereocenters. The number of hydrogen-bond donors (Lipinski definition) is 2. The van der Waals surface area contributed by atoms with Crippen LogP contribution in [0.4, 0.5) is 5.82 Å². The Morgan fingerprint density at radius 3 is 2.84 bits per heavy atom. The largest absolute Gasteiger partial charge is 0.495 e. The molecule has 1 fully saturated rings. The van der Waals surface area contributed by atoms with Gasteiger partial charge in [0, 0.05) is 31.6 Å². The Morgan fingerprint density at radius 1 is 1.32 bits per heavy atom. The maximum atomic E-state index is 13.0. The van der Waals surface area contributed by atoms with Crippen molar-refractivity contribution < 1.29 is 27.5 Å². The predicted molar refractivity (Wildman–Crippen MR) is 112 cm³/mol. The molecule has 0 aliphatic carbocycles. The molecule has 0 radical (unpaired) electrons. The summed E-state index contributed by atoms with van der Waals surface area (Å²) in [6.07, 6.45) is 1.67. The molecular weight excluding hydrogens is 424 g/mol. The number of benzene rings is 1. The molecule has 1 aromatic heterocycles. The number of hydrogen-bond acceptors (Lipinski definition) is 7. The van der Waals surface area contributed by atoms with E-state index in [9.17, 15) is 18.0 Å². The maximum Gasteiger partial charge on any atom is 0.249 e. The number of aryl methyl sites for hydroxylation is 1. The fourth-order valence-electron chi connectivity index (χ4n) is 3.82. The summed E-state index contributed by atoms with van der Waals surface area (Å²) in [5.41, 5.74) is 1.47. The van der Waals surface area contributed by atoms with E-state index in [0.717, 1.165) is 12.8 Å². The average Bonchev–Trinajstić information content (AvgIpc) is 3.35. The number of aromatic nitrogens is 2. The van der Waals surface area contributed by atoms with Crippen LogP contribution in [0.25, 0.3) is 11.1 Å². The van der Waals surface area contributed by atoms with Gasteiger partial charge in [-0.25, -0.2) is 13.1 Å². The minimum atomic E-state index is -3.90. The van der Waals surface area contributed by atoms with E-state index in [-0.39, 0.29) is 53.8 Å². The van der Waals surface area contributed by atoms with Crippen LogP contribution in [0, 0.1) is 6.92 Å². The molecule has 1 saturated heterocycles. The van der Waals surface area contributed by atoms with Crippen LogP contribution >= 0.6 is 0 Å². The van der Waals surface area contributed by atoms with E-state index in [1.54, 1.807) is 19.1 Å². The van der Waals surface area contributed by atoms with Gasteiger partial charge in [-0.05, 0) is 37.5 Å². The Bertz CT molecular complexity index is 1130. The van der Waals surface area contributed by atoms with Crippen LogP contribution in [-0.2, 0) is 19.6 Å². The molecule has 11 heteroatoms. The molecule has 0 spiro atoms. The van der Waals surface area contributed by atoms with Crippen LogP contribution in [0.5, 0.6) is 5.75 Å². The van der Waals surface area contributed by atoms with Gasteiger partial charge in [-0.1, -0.05) is 6.07 Å². The van der Waals surface area contributed by atoms with Crippen LogP contribution in [0.3, 0.4) is 0 Å².